The summed E-state index contributed by atoms with van der Waals surface area (Å²) in [6.07, 6.45) is 0. The lowest BCUT2D eigenvalue weighted by Gasteiger charge is -2.11. The van der Waals surface area contributed by atoms with Gasteiger partial charge in [-0.1, -0.05) is 30.3 Å². The molecule has 0 aliphatic heterocycles. The standard InChI is InChI=1S/C18H24N4O3.HI/c1-2-20-18(22-12-15-8-9-16(25-15)17(19)23)21-10-11-24-13-14-6-4-3-5-7-14;/h3-9H,2,10-13H2,1H3,(H2,19,23)(H2,20,21,22);1H. The molecule has 1 heterocycles. The van der Waals surface area contributed by atoms with Crippen LogP contribution < -0.4 is 16.4 Å². The van der Waals surface area contributed by atoms with Crippen LogP contribution in [0.5, 0.6) is 0 Å². The third-order valence-electron chi connectivity index (χ3n) is 3.29. The summed E-state index contributed by atoms with van der Waals surface area (Å²) in [6, 6.07) is 13.3. The van der Waals surface area contributed by atoms with Crippen LogP contribution in [0.4, 0.5) is 0 Å². The molecule has 0 radical (unpaired) electrons. The van der Waals surface area contributed by atoms with Crippen LogP contribution in [0, 0.1) is 0 Å². The number of guanidine groups is 1. The van der Waals surface area contributed by atoms with Gasteiger partial charge in [-0.25, -0.2) is 4.99 Å². The highest BCUT2D eigenvalue weighted by Gasteiger charge is 2.06. The Kier molecular flexibility index (Phi) is 10.4. The van der Waals surface area contributed by atoms with Crippen LogP contribution in [-0.2, 0) is 17.9 Å². The molecule has 2 rings (SSSR count). The molecule has 0 aliphatic rings. The fourth-order valence-corrected chi connectivity index (χ4v) is 2.10. The van der Waals surface area contributed by atoms with Crippen molar-refractivity contribution < 1.29 is 13.9 Å². The number of nitrogens with one attached hydrogen (secondary N) is 2. The quantitative estimate of drug-likeness (QED) is 0.225. The minimum Gasteiger partial charge on any atom is -0.454 e. The molecule has 0 saturated heterocycles. The summed E-state index contributed by atoms with van der Waals surface area (Å²) in [5, 5.41) is 6.33. The van der Waals surface area contributed by atoms with Crippen molar-refractivity contribution in [1.82, 2.24) is 10.6 Å². The molecule has 0 fully saturated rings. The first kappa shape index (κ1) is 22.0. The van der Waals surface area contributed by atoms with E-state index in [1.165, 1.54) is 0 Å². The number of hydrogen-bond acceptors (Lipinski definition) is 4. The van der Waals surface area contributed by atoms with Gasteiger partial charge >= 0.3 is 0 Å². The summed E-state index contributed by atoms with van der Waals surface area (Å²) in [6.45, 7) is 4.81. The van der Waals surface area contributed by atoms with Crippen LogP contribution in [0.1, 0.15) is 28.8 Å². The Labute approximate surface area is 170 Å². The van der Waals surface area contributed by atoms with Crippen molar-refractivity contribution in [2.24, 2.45) is 10.7 Å². The van der Waals surface area contributed by atoms with Gasteiger partial charge in [0.25, 0.3) is 5.91 Å². The molecule has 0 atom stereocenters. The minimum atomic E-state index is -0.587. The molecule has 0 aliphatic carbocycles. The van der Waals surface area contributed by atoms with E-state index in [1.54, 1.807) is 12.1 Å². The van der Waals surface area contributed by atoms with E-state index in [-0.39, 0.29) is 29.7 Å². The number of nitrogens with zero attached hydrogens (tertiary/aromatic N) is 1. The van der Waals surface area contributed by atoms with E-state index < -0.39 is 5.91 Å². The predicted octanol–water partition coefficient (Wildman–Crippen LogP) is 2.27. The third-order valence-corrected chi connectivity index (χ3v) is 3.29. The molecular formula is C18H25IN4O3. The topological polar surface area (TPSA) is 102 Å². The number of furan rings is 1. The smallest absolute Gasteiger partial charge is 0.284 e. The first-order chi connectivity index (χ1) is 12.2. The van der Waals surface area contributed by atoms with Crippen LogP contribution in [0.2, 0.25) is 0 Å². The maximum absolute atomic E-state index is 11.0. The fraction of sp³-hybridized carbons (Fsp3) is 0.333. The van der Waals surface area contributed by atoms with E-state index >= 15 is 0 Å². The molecule has 1 aromatic heterocycles. The zero-order valence-electron chi connectivity index (χ0n) is 14.7. The van der Waals surface area contributed by atoms with Crippen molar-refractivity contribution in [2.45, 2.75) is 20.1 Å². The van der Waals surface area contributed by atoms with Crippen LogP contribution in [0.3, 0.4) is 0 Å². The number of aliphatic imine (C=N–C) groups is 1. The van der Waals surface area contributed by atoms with Crippen molar-refractivity contribution in [3.05, 3.63) is 59.5 Å². The third kappa shape index (κ3) is 7.87. The second kappa shape index (κ2) is 12.3. The van der Waals surface area contributed by atoms with Gasteiger partial charge in [0, 0.05) is 13.1 Å². The van der Waals surface area contributed by atoms with E-state index in [9.17, 15) is 4.79 Å². The van der Waals surface area contributed by atoms with Crippen molar-refractivity contribution in [3.63, 3.8) is 0 Å². The van der Waals surface area contributed by atoms with Gasteiger partial charge in [-0.3, -0.25) is 4.79 Å². The Hall–Kier alpha value is -2.07. The molecule has 0 spiro atoms. The number of primary amides is 1. The summed E-state index contributed by atoms with van der Waals surface area (Å²) >= 11 is 0. The van der Waals surface area contributed by atoms with Gasteiger partial charge < -0.3 is 25.5 Å². The summed E-state index contributed by atoms with van der Waals surface area (Å²) in [7, 11) is 0. The Morgan fingerprint density at radius 3 is 2.62 bits per heavy atom. The second-order valence-electron chi connectivity index (χ2n) is 5.29. The summed E-state index contributed by atoms with van der Waals surface area (Å²) in [4.78, 5) is 15.4. The lowest BCUT2D eigenvalue weighted by Crippen LogP contribution is -2.38. The number of ether oxygens (including phenoxy) is 1. The molecular weight excluding hydrogens is 447 g/mol. The van der Waals surface area contributed by atoms with Crippen molar-refractivity contribution in [2.75, 3.05) is 19.7 Å². The first-order valence-electron chi connectivity index (χ1n) is 8.21. The molecule has 2 aromatic rings. The molecule has 0 saturated carbocycles. The fourth-order valence-electron chi connectivity index (χ4n) is 2.10. The zero-order valence-corrected chi connectivity index (χ0v) is 17.1. The lowest BCUT2D eigenvalue weighted by atomic mass is 10.2. The van der Waals surface area contributed by atoms with E-state index in [0.29, 0.717) is 38.0 Å². The van der Waals surface area contributed by atoms with Crippen LogP contribution >= 0.6 is 24.0 Å². The van der Waals surface area contributed by atoms with Crippen molar-refractivity contribution >= 4 is 35.8 Å². The highest BCUT2D eigenvalue weighted by Crippen LogP contribution is 2.08. The zero-order chi connectivity index (χ0) is 17.9. The van der Waals surface area contributed by atoms with E-state index in [4.69, 9.17) is 14.9 Å². The lowest BCUT2D eigenvalue weighted by molar-refractivity contribution is 0.0972. The molecule has 1 amide bonds. The largest absolute Gasteiger partial charge is 0.454 e. The maximum atomic E-state index is 11.0. The van der Waals surface area contributed by atoms with Crippen LogP contribution in [0.15, 0.2) is 51.9 Å². The number of amides is 1. The van der Waals surface area contributed by atoms with Crippen LogP contribution in [-0.4, -0.2) is 31.6 Å². The maximum Gasteiger partial charge on any atom is 0.284 e. The normalized spacial score (nSPS) is 10.9. The van der Waals surface area contributed by atoms with E-state index in [2.05, 4.69) is 15.6 Å². The van der Waals surface area contributed by atoms with Gasteiger partial charge in [0.15, 0.2) is 11.7 Å². The summed E-state index contributed by atoms with van der Waals surface area (Å²) in [5.41, 5.74) is 6.30. The van der Waals surface area contributed by atoms with Crippen molar-refractivity contribution in [1.29, 1.82) is 0 Å². The Balaban J connectivity index is 0.00000338. The average molecular weight is 472 g/mol. The predicted molar refractivity (Wildman–Crippen MR) is 112 cm³/mol. The molecule has 1 aromatic carbocycles. The Morgan fingerprint density at radius 1 is 1.19 bits per heavy atom. The molecule has 7 nitrogen and oxygen atoms in total. The average Bonchev–Trinajstić information content (AvgIpc) is 3.09. The molecule has 26 heavy (non-hydrogen) atoms. The van der Waals surface area contributed by atoms with E-state index in [0.717, 1.165) is 12.1 Å². The Morgan fingerprint density at radius 2 is 1.96 bits per heavy atom. The molecule has 4 N–H and O–H groups in total. The highest BCUT2D eigenvalue weighted by molar-refractivity contribution is 14.0. The summed E-state index contributed by atoms with van der Waals surface area (Å²) < 4.78 is 10.9. The second-order valence-corrected chi connectivity index (χ2v) is 5.29. The number of carbonyl (C=O) groups is 1. The number of carbonyl (C=O) groups excluding carboxylic acids is 1. The molecule has 0 unspecified atom stereocenters. The highest BCUT2D eigenvalue weighted by atomic mass is 127. The number of rotatable bonds is 9. The number of hydrogen-bond donors (Lipinski definition) is 3. The van der Waals surface area contributed by atoms with Gasteiger partial charge in [0.05, 0.1) is 13.2 Å². The monoisotopic (exact) mass is 472 g/mol. The van der Waals surface area contributed by atoms with Gasteiger partial charge in [-0.2, -0.15) is 0 Å². The number of benzene rings is 1. The molecule has 8 heteroatoms. The first-order valence-corrected chi connectivity index (χ1v) is 8.21. The number of nitrogens with two attached hydrogens (primary N) is 1. The van der Waals surface area contributed by atoms with Gasteiger partial charge in [-0.05, 0) is 24.6 Å². The molecule has 0 bridgehead atoms. The van der Waals surface area contributed by atoms with E-state index in [1.807, 2.05) is 37.3 Å². The van der Waals surface area contributed by atoms with Crippen molar-refractivity contribution in [3.8, 4) is 0 Å². The van der Waals surface area contributed by atoms with Gasteiger partial charge in [0.1, 0.15) is 12.3 Å². The minimum absolute atomic E-state index is 0. The van der Waals surface area contributed by atoms with Gasteiger partial charge in [0.2, 0.25) is 0 Å². The number of halogens is 1. The SMILES string of the molecule is CCNC(=NCc1ccc(C(N)=O)o1)NCCOCc1ccccc1.I. The Bertz CT molecular complexity index is 689. The molecule has 142 valence electrons. The van der Waals surface area contributed by atoms with Gasteiger partial charge in [-0.15, -0.1) is 24.0 Å². The summed E-state index contributed by atoms with van der Waals surface area (Å²) in [5.74, 6) is 0.780. The van der Waals surface area contributed by atoms with Crippen LogP contribution in [0.25, 0.3) is 0 Å².